The third kappa shape index (κ3) is 4.24. The van der Waals surface area contributed by atoms with Gasteiger partial charge in [0, 0.05) is 19.1 Å². The fourth-order valence-corrected chi connectivity index (χ4v) is 3.72. The predicted molar refractivity (Wildman–Crippen MR) is 78.9 cm³/mol. The molecule has 2 unspecified atom stereocenters. The zero-order valence-corrected chi connectivity index (χ0v) is 12.5. The summed E-state index contributed by atoms with van der Waals surface area (Å²) in [4.78, 5) is 2.62. The van der Waals surface area contributed by atoms with E-state index in [9.17, 15) is 0 Å². The maximum absolute atomic E-state index is 3.73. The molecule has 0 heterocycles. The highest BCUT2D eigenvalue weighted by Gasteiger charge is 2.25. The van der Waals surface area contributed by atoms with Crippen LogP contribution >= 0.6 is 0 Å². The molecule has 0 aromatic heterocycles. The van der Waals surface area contributed by atoms with Crippen LogP contribution in [0.5, 0.6) is 0 Å². The third-order valence-electron chi connectivity index (χ3n) is 4.97. The molecule has 2 saturated carbocycles. The molecule has 1 N–H and O–H groups in total. The Balaban J connectivity index is 1.78. The normalized spacial score (nSPS) is 30.2. The van der Waals surface area contributed by atoms with Crippen molar-refractivity contribution in [1.29, 1.82) is 0 Å². The van der Waals surface area contributed by atoms with Gasteiger partial charge in [0.05, 0.1) is 0 Å². The first-order valence-corrected chi connectivity index (χ1v) is 8.21. The van der Waals surface area contributed by atoms with Gasteiger partial charge in [-0.15, -0.1) is 0 Å². The fourth-order valence-electron chi connectivity index (χ4n) is 3.72. The summed E-state index contributed by atoms with van der Waals surface area (Å²) in [5, 5.41) is 3.73. The zero-order chi connectivity index (χ0) is 12.8. The summed E-state index contributed by atoms with van der Waals surface area (Å²) in [6.45, 7) is 6.04. The molecule has 2 aliphatic rings. The molecule has 106 valence electrons. The fraction of sp³-hybridized carbons (Fsp3) is 1.00. The SMILES string of the molecule is CCNC1CCCCCC1CN(C)CC1CCC1. The van der Waals surface area contributed by atoms with Crippen LogP contribution in [0, 0.1) is 11.8 Å². The van der Waals surface area contributed by atoms with Gasteiger partial charge < -0.3 is 10.2 Å². The molecule has 18 heavy (non-hydrogen) atoms. The molecule has 0 spiro atoms. The van der Waals surface area contributed by atoms with E-state index in [0.717, 1.165) is 24.4 Å². The molecule has 0 saturated heterocycles. The van der Waals surface area contributed by atoms with Gasteiger partial charge in [0.15, 0.2) is 0 Å². The van der Waals surface area contributed by atoms with Gasteiger partial charge in [-0.05, 0) is 51.1 Å². The van der Waals surface area contributed by atoms with E-state index < -0.39 is 0 Å². The molecule has 2 aliphatic carbocycles. The van der Waals surface area contributed by atoms with Crippen LogP contribution in [0.15, 0.2) is 0 Å². The van der Waals surface area contributed by atoms with Crippen molar-refractivity contribution in [3.8, 4) is 0 Å². The van der Waals surface area contributed by atoms with Crippen molar-refractivity contribution in [3.63, 3.8) is 0 Å². The highest BCUT2D eigenvalue weighted by molar-refractivity contribution is 4.82. The molecule has 2 nitrogen and oxygen atoms in total. The van der Waals surface area contributed by atoms with Crippen LogP contribution in [0.3, 0.4) is 0 Å². The Kier molecular flexibility index (Phi) is 5.97. The van der Waals surface area contributed by atoms with Crippen molar-refractivity contribution in [1.82, 2.24) is 10.2 Å². The van der Waals surface area contributed by atoms with Gasteiger partial charge in [-0.2, -0.15) is 0 Å². The molecular formula is C16H32N2. The number of hydrogen-bond acceptors (Lipinski definition) is 2. The highest BCUT2D eigenvalue weighted by Crippen LogP contribution is 2.28. The Hall–Kier alpha value is -0.0800. The minimum Gasteiger partial charge on any atom is -0.314 e. The average Bonchev–Trinajstić information content (AvgIpc) is 2.51. The number of nitrogens with zero attached hydrogens (tertiary/aromatic N) is 1. The molecule has 0 aromatic carbocycles. The van der Waals surface area contributed by atoms with Crippen LogP contribution < -0.4 is 5.32 Å². The summed E-state index contributed by atoms with van der Waals surface area (Å²) in [7, 11) is 2.34. The Morgan fingerprint density at radius 1 is 0.944 bits per heavy atom. The van der Waals surface area contributed by atoms with E-state index in [1.165, 1.54) is 64.5 Å². The summed E-state index contributed by atoms with van der Waals surface area (Å²) in [6, 6.07) is 0.779. The third-order valence-corrected chi connectivity index (χ3v) is 4.97. The number of nitrogens with one attached hydrogen (secondary N) is 1. The Labute approximate surface area is 114 Å². The van der Waals surface area contributed by atoms with Gasteiger partial charge in [0.2, 0.25) is 0 Å². The van der Waals surface area contributed by atoms with Crippen LogP contribution in [0.1, 0.15) is 58.3 Å². The monoisotopic (exact) mass is 252 g/mol. The van der Waals surface area contributed by atoms with Crippen molar-refractivity contribution >= 4 is 0 Å². The van der Waals surface area contributed by atoms with E-state index in [0.29, 0.717) is 0 Å². The molecule has 0 radical (unpaired) electrons. The lowest BCUT2D eigenvalue weighted by Crippen LogP contribution is -2.42. The first-order valence-electron chi connectivity index (χ1n) is 8.21. The standard InChI is InChI=1S/C16H32N2/c1-3-17-16-11-6-4-5-10-15(16)13-18(2)12-14-8-7-9-14/h14-17H,3-13H2,1-2H3. The molecule has 0 amide bonds. The lowest BCUT2D eigenvalue weighted by molar-refractivity contribution is 0.166. The molecule has 2 rings (SSSR count). The van der Waals surface area contributed by atoms with Crippen LogP contribution in [0.2, 0.25) is 0 Å². The maximum atomic E-state index is 3.73. The highest BCUT2D eigenvalue weighted by atomic mass is 15.1. The van der Waals surface area contributed by atoms with E-state index in [1.54, 1.807) is 0 Å². The van der Waals surface area contributed by atoms with Crippen LogP contribution in [-0.2, 0) is 0 Å². The smallest absolute Gasteiger partial charge is 0.0107 e. The van der Waals surface area contributed by atoms with Crippen molar-refractivity contribution in [3.05, 3.63) is 0 Å². The second kappa shape index (κ2) is 7.49. The first kappa shape index (κ1) is 14.3. The molecular weight excluding hydrogens is 220 g/mol. The molecule has 2 atom stereocenters. The van der Waals surface area contributed by atoms with Gasteiger partial charge in [-0.1, -0.05) is 32.6 Å². The van der Waals surface area contributed by atoms with Gasteiger partial charge in [-0.25, -0.2) is 0 Å². The van der Waals surface area contributed by atoms with Crippen LogP contribution in [-0.4, -0.2) is 37.6 Å². The van der Waals surface area contributed by atoms with Gasteiger partial charge in [0.25, 0.3) is 0 Å². The Morgan fingerprint density at radius 2 is 1.72 bits per heavy atom. The van der Waals surface area contributed by atoms with Gasteiger partial charge >= 0.3 is 0 Å². The van der Waals surface area contributed by atoms with Gasteiger partial charge in [0.1, 0.15) is 0 Å². The summed E-state index contributed by atoms with van der Waals surface area (Å²) >= 11 is 0. The van der Waals surface area contributed by atoms with E-state index in [4.69, 9.17) is 0 Å². The maximum Gasteiger partial charge on any atom is 0.0107 e. The van der Waals surface area contributed by atoms with Gasteiger partial charge in [-0.3, -0.25) is 0 Å². The van der Waals surface area contributed by atoms with Crippen LogP contribution in [0.25, 0.3) is 0 Å². The minimum atomic E-state index is 0.779. The van der Waals surface area contributed by atoms with Crippen LogP contribution in [0.4, 0.5) is 0 Å². The minimum absolute atomic E-state index is 0.779. The second-order valence-electron chi connectivity index (χ2n) is 6.58. The molecule has 0 aromatic rings. The second-order valence-corrected chi connectivity index (χ2v) is 6.58. The largest absolute Gasteiger partial charge is 0.314 e. The van der Waals surface area contributed by atoms with Crippen molar-refractivity contribution in [2.45, 2.75) is 64.3 Å². The first-order chi connectivity index (χ1) is 8.79. The van der Waals surface area contributed by atoms with E-state index in [2.05, 4.69) is 24.2 Å². The lowest BCUT2D eigenvalue weighted by Gasteiger charge is -2.34. The van der Waals surface area contributed by atoms with E-state index >= 15 is 0 Å². The summed E-state index contributed by atoms with van der Waals surface area (Å²) < 4.78 is 0. The van der Waals surface area contributed by atoms with Crippen molar-refractivity contribution in [2.75, 3.05) is 26.7 Å². The average molecular weight is 252 g/mol. The quantitative estimate of drug-likeness (QED) is 0.730. The van der Waals surface area contributed by atoms with E-state index in [1.807, 2.05) is 0 Å². The number of hydrogen-bond donors (Lipinski definition) is 1. The molecule has 0 aliphatic heterocycles. The summed E-state index contributed by atoms with van der Waals surface area (Å²) in [6.07, 6.45) is 11.6. The molecule has 2 heteroatoms. The predicted octanol–water partition coefficient (Wildman–Crippen LogP) is 3.28. The van der Waals surface area contributed by atoms with Crippen molar-refractivity contribution in [2.24, 2.45) is 11.8 Å². The topological polar surface area (TPSA) is 15.3 Å². The summed E-state index contributed by atoms with van der Waals surface area (Å²) in [5.41, 5.74) is 0. The summed E-state index contributed by atoms with van der Waals surface area (Å²) in [5.74, 6) is 1.90. The Bertz CT molecular complexity index is 225. The Morgan fingerprint density at radius 3 is 2.39 bits per heavy atom. The van der Waals surface area contributed by atoms with E-state index in [-0.39, 0.29) is 0 Å². The molecule has 0 bridgehead atoms. The van der Waals surface area contributed by atoms with Crippen molar-refractivity contribution < 1.29 is 0 Å². The number of rotatable bonds is 6. The molecule has 2 fully saturated rings. The zero-order valence-electron chi connectivity index (χ0n) is 12.5. The lowest BCUT2D eigenvalue weighted by atomic mass is 9.85.